The average molecular weight is 326 g/mol. The summed E-state index contributed by atoms with van der Waals surface area (Å²) in [6, 6.07) is 20.8. The van der Waals surface area contributed by atoms with E-state index in [2.05, 4.69) is 70.8 Å². The molecular formula is C21H18N4. The smallest absolute Gasteiger partial charge is 0.113 e. The Morgan fingerprint density at radius 1 is 0.880 bits per heavy atom. The van der Waals surface area contributed by atoms with Gasteiger partial charge < -0.3 is 0 Å². The van der Waals surface area contributed by atoms with Crippen molar-refractivity contribution >= 4 is 0 Å². The highest BCUT2D eigenvalue weighted by molar-refractivity contribution is 5.62. The Morgan fingerprint density at radius 3 is 2.48 bits per heavy atom. The molecule has 0 spiro atoms. The van der Waals surface area contributed by atoms with Crippen molar-refractivity contribution in [3.63, 3.8) is 0 Å². The average Bonchev–Trinajstić information content (AvgIpc) is 3.12. The maximum atomic E-state index is 4.29. The first-order valence-corrected chi connectivity index (χ1v) is 8.24. The fraction of sp³-hybridized carbons (Fsp3) is 0.0952. The van der Waals surface area contributed by atoms with Gasteiger partial charge in [-0.3, -0.25) is 4.98 Å². The second-order valence-corrected chi connectivity index (χ2v) is 6.11. The first-order valence-electron chi connectivity index (χ1n) is 8.24. The van der Waals surface area contributed by atoms with Gasteiger partial charge in [0.25, 0.3) is 0 Å². The van der Waals surface area contributed by atoms with Gasteiger partial charge >= 0.3 is 0 Å². The zero-order valence-electron chi connectivity index (χ0n) is 14.0. The number of hydrogen-bond acceptors (Lipinski definition) is 3. The van der Waals surface area contributed by atoms with Crippen LogP contribution < -0.4 is 0 Å². The summed E-state index contributed by atoms with van der Waals surface area (Å²) in [6.07, 6.45) is 5.65. The summed E-state index contributed by atoms with van der Waals surface area (Å²) in [5, 5.41) is 8.55. The van der Waals surface area contributed by atoms with E-state index in [1.165, 1.54) is 11.1 Å². The third-order valence-electron chi connectivity index (χ3n) is 4.15. The van der Waals surface area contributed by atoms with Crippen LogP contribution in [-0.4, -0.2) is 20.0 Å². The fourth-order valence-corrected chi connectivity index (χ4v) is 2.84. The van der Waals surface area contributed by atoms with E-state index < -0.39 is 0 Å². The Kier molecular flexibility index (Phi) is 4.09. The molecule has 4 rings (SSSR count). The highest BCUT2D eigenvalue weighted by atomic mass is 15.4. The van der Waals surface area contributed by atoms with Gasteiger partial charge in [-0.1, -0.05) is 59.3 Å². The topological polar surface area (TPSA) is 43.6 Å². The van der Waals surface area contributed by atoms with Gasteiger partial charge in [0.2, 0.25) is 0 Å². The molecule has 0 aliphatic heterocycles. The van der Waals surface area contributed by atoms with E-state index in [1.807, 2.05) is 29.2 Å². The SMILES string of the molecule is Cc1cccc(-c2cn(Cc3ccc(-c4cccnc4)cc3)nn2)c1. The molecule has 0 amide bonds. The Morgan fingerprint density at radius 2 is 1.72 bits per heavy atom. The predicted octanol–water partition coefficient (Wildman–Crippen LogP) is 4.36. The first kappa shape index (κ1) is 15.3. The van der Waals surface area contributed by atoms with Crippen LogP contribution in [0.5, 0.6) is 0 Å². The minimum Gasteiger partial charge on any atom is -0.264 e. The van der Waals surface area contributed by atoms with E-state index in [1.54, 1.807) is 6.20 Å². The molecule has 2 aromatic heterocycles. The largest absolute Gasteiger partial charge is 0.264 e. The monoisotopic (exact) mass is 326 g/mol. The van der Waals surface area contributed by atoms with E-state index in [0.717, 1.165) is 22.4 Å². The molecule has 0 N–H and O–H groups in total. The van der Waals surface area contributed by atoms with Crippen LogP contribution in [0.4, 0.5) is 0 Å². The molecule has 0 radical (unpaired) electrons. The van der Waals surface area contributed by atoms with Crippen LogP contribution in [0, 0.1) is 6.92 Å². The Hall–Kier alpha value is -3.27. The number of pyridine rings is 1. The molecule has 0 atom stereocenters. The quantitative estimate of drug-likeness (QED) is 0.559. The molecule has 0 bridgehead atoms. The van der Waals surface area contributed by atoms with Crippen molar-refractivity contribution in [3.05, 3.63) is 90.4 Å². The van der Waals surface area contributed by atoms with Gasteiger partial charge in [-0.05, 0) is 35.7 Å². The standard InChI is InChI=1S/C21H18N4/c1-16-4-2-5-19(12-16)21-15-25(24-23-21)14-17-7-9-18(10-8-17)20-6-3-11-22-13-20/h2-13,15H,14H2,1H3. The summed E-state index contributed by atoms with van der Waals surface area (Å²) < 4.78 is 1.87. The molecule has 0 aliphatic rings. The number of rotatable bonds is 4. The van der Waals surface area contributed by atoms with Crippen molar-refractivity contribution in [1.82, 2.24) is 20.0 Å². The normalized spacial score (nSPS) is 10.8. The van der Waals surface area contributed by atoms with Gasteiger partial charge in [0.15, 0.2) is 0 Å². The van der Waals surface area contributed by atoms with E-state index in [9.17, 15) is 0 Å². The van der Waals surface area contributed by atoms with Gasteiger partial charge in [0, 0.05) is 18.0 Å². The summed E-state index contributed by atoms with van der Waals surface area (Å²) in [5.74, 6) is 0. The van der Waals surface area contributed by atoms with Crippen molar-refractivity contribution in [1.29, 1.82) is 0 Å². The van der Waals surface area contributed by atoms with Gasteiger partial charge in [0.05, 0.1) is 12.7 Å². The first-order chi connectivity index (χ1) is 12.3. The van der Waals surface area contributed by atoms with Crippen LogP contribution in [0.25, 0.3) is 22.4 Å². The highest BCUT2D eigenvalue weighted by Crippen LogP contribution is 2.20. The van der Waals surface area contributed by atoms with Crippen LogP contribution >= 0.6 is 0 Å². The molecule has 122 valence electrons. The summed E-state index contributed by atoms with van der Waals surface area (Å²) in [4.78, 5) is 4.17. The van der Waals surface area contributed by atoms with E-state index in [4.69, 9.17) is 0 Å². The highest BCUT2D eigenvalue weighted by Gasteiger charge is 2.05. The Labute approximate surface area is 146 Å². The second-order valence-electron chi connectivity index (χ2n) is 6.11. The van der Waals surface area contributed by atoms with Crippen LogP contribution in [0.15, 0.2) is 79.3 Å². The van der Waals surface area contributed by atoms with Crippen LogP contribution in [-0.2, 0) is 6.54 Å². The lowest BCUT2D eigenvalue weighted by molar-refractivity contribution is 0.650. The minimum atomic E-state index is 0.701. The minimum absolute atomic E-state index is 0.701. The predicted molar refractivity (Wildman–Crippen MR) is 99.0 cm³/mol. The molecule has 0 saturated heterocycles. The van der Waals surface area contributed by atoms with Gasteiger partial charge in [0.1, 0.15) is 5.69 Å². The fourth-order valence-electron chi connectivity index (χ4n) is 2.84. The Balaban J connectivity index is 1.51. The van der Waals surface area contributed by atoms with Crippen molar-refractivity contribution < 1.29 is 0 Å². The molecule has 0 fully saturated rings. The van der Waals surface area contributed by atoms with Crippen molar-refractivity contribution in [2.45, 2.75) is 13.5 Å². The van der Waals surface area contributed by atoms with Gasteiger partial charge in [-0.2, -0.15) is 0 Å². The zero-order valence-corrected chi connectivity index (χ0v) is 14.0. The number of nitrogens with zero attached hydrogens (tertiary/aromatic N) is 4. The molecule has 4 heteroatoms. The molecular weight excluding hydrogens is 308 g/mol. The molecule has 0 saturated carbocycles. The van der Waals surface area contributed by atoms with E-state index in [-0.39, 0.29) is 0 Å². The van der Waals surface area contributed by atoms with Crippen molar-refractivity contribution in [2.75, 3.05) is 0 Å². The molecule has 2 heterocycles. The summed E-state index contributed by atoms with van der Waals surface area (Å²) in [7, 11) is 0. The van der Waals surface area contributed by atoms with Crippen molar-refractivity contribution in [3.8, 4) is 22.4 Å². The van der Waals surface area contributed by atoms with E-state index in [0.29, 0.717) is 6.54 Å². The second kappa shape index (κ2) is 6.69. The Bertz CT molecular complexity index is 972. The third-order valence-corrected chi connectivity index (χ3v) is 4.15. The maximum absolute atomic E-state index is 4.29. The lowest BCUT2D eigenvalue weighted by Crippen LogP contribution is -2.00. The zero-order chi connectivity index (χ0) is 17.1. The maximum Gasteiger partial charge on any atom is 0.113 e. The van der Waals surface area contributed by atoms with Crippen LogP contribution in [0.1, 0.15) is 11.1 Å². The van der Waals surface area contributed by atoms with Gasteiger partial charge in [-0.15, -0.1) is 5.10 Å². The molecule has 4 nitrogen and oxygen atoms in total. The summed E-state index contributed by atoms with van der Waals surface area (Å²) >= 11 is 0. The molecule has 4 aromatic rings. The van der Waals surface area contributed by atoms with Gasteiger partial charge in [-0.25, -0.2) is 4.68 Å². The summed E-state index contributed by atoms with van der Waals surface area (Å²) in [5.41, 5.74) is 6.69. The lowest BCUT2D eigenvalue weighted by atomic mass is 10.1. The molecule has 0 aliphatic carbocycles. The third kappa shape index (κ3) is 3.48. The molecule has 0 unspecified atom stereocenters. The lowest BCUT2D eigenvalue weighted by Gasteiger charge is -2.04. The van der Waals surface area contributed by atoms with Crippen molar-refractivity contribution in [2.24, 2.45) is 0 Å². The molecule has 25 heavy (non-hydrogen) atoms. The number of benzene rings is 2. The number of aryl methyl sites for hydroxylation is 1. The molecule has 2 aromatic carbocycles. The number of hydrogen-bond donors (Lipinski definition) is 0. The number of aromatic nitrogens is 4. The van der Waals surface area contributed by atoms with Crippen LogP contribution in [0.3, 0.4) is 0 Å². The summed E-state index contributed by atoms with van der Waals surface area (Å²) in [6.45, 7) is 2.78. The van der Waals surface area contributed by atoms with E-state index >= 15 is 0 Å². The van der Waals surface area contributed by atoms with Crippen LogP contribution in [0.2, 0.25) is 0 Å².